The average Bonchev–Trinajstić information content (AvgIpc) is 2.47. The average molecular weight is 351 g/mol. The molecule has 1 amide bonds. The number of aliphatic hydroxyl groups is 5. The summed E-state index contributed by atoms with van der Waals surface area (Å²) in [5, 5.41) is 60.1. The lowest BCUT2D eigenvalue weighted by atomic mass is 9.74. The lowest BCUT2D eigenvalue weighted by Gasteiger charge is -2.51. The number of carboxylic acid groups (broad SMARTS) is 1. The van der Waals surface area contributed by atoms with Crippen LogP contribution >= 0.6 is 0 Å². The van der Waals surface area contributed by atoms with E-state index in [2.05, 4.69) is 5.32 Å². The van der Waals surface area contributed by atoms with E-state index in [1.54, 1.807) is 0 Å². The molecule has 1 rings (SSSR count). The molecule has 1 fully saturated rings. The molecule has 7 N–H and O–H groups in total. The number of hydrogen-bond donors (Lipinski definition) is 7. The number of hydrogen-bond acceptors (Lipinski definition) is 9. The molecular weight excluding hydrogens is 330 g/mol. The van der Waals surface area contributed by atoms with Crippen molar-refractivity contribution in [3.05, 3.63) is 0 Å². The Morgan fingerprint density at radius 2 is 1.83 bits per heavy atom. The van der Waals surface area contributed by atoms with Crippen molar-refractivity contribution in [2.75, 3.05) is 6.61 Å². The number of carboxylic acids is 1. The highest BCUT2D eigenvalue weighted by molar-refractivity contribution is 5.93. The van der Waals surface area contributed by atoms with Gasteiger partial charge in [0.25, 0.3) is 5.79 Å². The molecule has 0 radical (unpaired) electrons. The molecule has 0 aromatic rings. The van der Waals surface area contributed by atoms with E-state index < -0.39 is 66.4 Å². The zero-order valence-corrected chi connectivity index (χ0v) is 13.0. The highest BCUT2D eigenvalue weighted by Crippen LogP contribution is 2.37. The molecule has 1 heterocycles. The van der Waals surface area contributed by atoms with Crippen LogP contribution in [0.4, 0.5) is 0 Å². The molecule has 6 atom stereocenters. The first-order valence-corrected chi connectivity index (χ1v) is 7.00. The first-order chi connectivity index (χ1) is 10.9. The van der Waals surface area contributed by atoms with Crippen molar-refractivity contribution in [2.45, 2.75) is 56.0 Å². The predicted octanol–water partition coefficient (Wildman–Crippen LogP) is -3.91. The quantitative estimate of drug-likeness (QED) is 0.248. The number of aliphatic hydroxyl groups excluding tert-OH is 4. The van der Waals surface area contributed by atoms with Gasteiger partial charge in [-0.1, -0.05) is 0 Å². The Morgan fingerprint density at radius 3 is 2.21 bits per heavy atom. The number of nitrogens with one attached hydrogen (secondary N) is 1. The number of amides is 1. The van der Waals surface area contributed by atoms with Crippen molar-refractivity contribution in [1.82, 2.24) is 5.32 Å². The van der Waals surface area contributed by atoms with E-state index in [0.717, 1.165) is 13.8 Å². The molecule has 0 bridgehead atoms. The second-order valence-electron chi connectivity index (χ2n) is 5.69. The van der Waals surface area contributed by atoms with Gasteiger partial charge in [-0.3, -0.25) is 9.59 Å². The third-order valence-corrected chi connectivity index (χ3v) is 3.96. The highest BCUT2D eigenvalue weighted by Gasteiger charge is 2.64. The molecule has 1 aliphatic rings. The minimum atomic E-state index is -2.97. The summed E-state index contributed by atoms with van der Waals surface area (Å²) >= 11 is 0. The standard InChI is InChI=1S/C13H21NO10/c1-5(16)13(14-6(2)17)8(19)3-12(23,11(21)22)24-10(13)9(20)7(18)4-15/h7-10,15,18-20,23H,3-4H2,1-2H3,(H,14,17)(H,21,22)/t7-,8+,9?,10+,12-,13-/m1/s1. The Balaban J connectivity index is 3.48. The fourth-order valence-corrected chi connectivity index (χ4v) is 2.72. The van der Waals surface area contributed by atoms with Crippen LogP contribution in [0.25, 0.3) is 0 Å². The minimum Gasteiger partial charge on any atom is -0.477 e. The fraction of sp³-hybridized carbons (Fsp3) is 0.769. The summed E-state index contributed by atoms with van der Waals surface area (Å²) in [6, 6.07) is 0. The van der Waals surface area contributed by atoms with E-state index in [0.29, 0.717) is 0 Å². The zero-order chi connectivity index (χ0) is 18.9. The zero-order valence-electron chi connectivity index (χ0n) is 13.0. The van der Waals surface area contributed by atoms with Gasteiger partial charge in [0.05, 0.1) is 12.7 Å². The Kier molecular flexibility index (Phi) is 6.03. The monoisotopic (exact) mass is 351 g/mol. The van der Waals surface area contributed by atoms with Crippen LogP contribution in [-0.4, -0.2) is 90.6 Å². The van der Waals surface area contributed by atoms with Crippen LogP contribution in [0.5, 0.6) is 0 Å². The smallest absolute Gasteiger partial charge is 0.364 e. The van der Waals surface area contributed by atoms with Gasteiger partial charge in [0.15, 0.2) is 11.3 Å². The Bertz CT molecular complexity index is 525. The van der Waals surface area contributed by atoms with Crippen molar-refractivity contribution in [3.8, 4) is 0 Å². The van der Waals surface area contributed by atoms with E-state index in [-0.39, 0.29) is 0 Å². The number of Topliss-reactive ketones (excluding diaryl/α,β-unsaturated/α-hetero) is 1. The normalized spacial score (nSPS) is 35.8. The lowest BCUT2D eigenvalue weighted by Crippen LogP contribution is -2.77. The van der Waals surface area contributed by atoms with Crippen molar-refractivity contribution in [3.63, 3.8) is 0 Å². The molecule has 1 aliphatic heterocycles. The first kappa shape index (κ1) is 20.4. The topological polar surface area (TPSA) is 194 Å². The first-order valence-electron chi connectivity index (χ1n) is 7.00. The van der Waals surface area contributed by atoms with Gasteiger partial charge in [-0.25, -0.2) is 4.79 Å². The molecule has 0 spiro atoms. The summed E-state index contributed by atoms with van der Waals surface area (Å²) in [5.41, 5.74) is -2.33. The van der Waals surface area contributed by atoms with Gasteiger partial charge in [0, 0.05) is 13.3 Å². The molecule has 0 aliphatic carbocycles. The maximum Gasteiger partial charge on any atom is 0.364 e. The van der Waals surface area contributed by atoms with Gasteiger partial charge in [0.2, 0.25) is 5.91 Å². The maximum atomic E-state index is 12.1. The van der Waals surface area contributed by atoms with Crippen molar-refractivity contribution < 1.29 is 49.8 Å². The second-order valence-corrected chi connectivity index (χ2v) is 5.69. The van der Waals surface area contributed by atoms with Gasteiger partial charge < -0.3 is 40.7 Å². The van der Waals surface area contributed by atoms with Crippen LogP contribution < -0.4 is 5.32 Å². The molecule has 1 unspecified atom stereocenters. The lowest BCUT2D eigenvalue weighted by molar-refractivity contribution is -0.306. The van der Waals surface area contributed by atoms with Crippen LogP contribution in [0, 0.1) is 0 Å². The third kappa shape index (κ3) is 3.41. The van der Waals surface area contributed by atoms with Crippen molar-refractivity contribution in [2.24, 2.45) is 0 Å². The number of carbonyl (C=O) groups is 3. The number of aliphatic carboxylic acids is 1. The molecule has 0 aromatic carbocycles. The Labute approximate surface area is 136 Å². The van der Waals surface area contributed by atoms with Gasteiger partial charge in [-0.15, -0.1) is 0 Å². The van der Waals surface area contributed by atoms with E-state index in [1.807, 2.05) is 0 Å². The van der Waals surface area contributed by atoms with E-state index in [9.17, 15) is 34.8 Å². The van der Waals surface area contributed by atoms with Crippen LogP contribution in [0.1, 0.15) is 20.3 Å². The number of rotatable bonds is 6. The molecule has 11 heteroatoms. The van der Waals surface area contributed by atoms with E-state index in [1.165, 1.54) is 0 Å². The van der Waals surface area contributed by atoms with Crippen molar-refractivity contribution >= 4 is 17.7 Å². The molecule has 11 nitrogen and oxygen atoms in total. The van der Waals surface area contributed by atoms with Gasteiger partial charge >= 0.3 is 5.97 Å². The highest BCUT2D eigenvalue weighted by atomic mass is 16.7. The predicted molar refractivity (Wildman–Crippen MR) is 74.4 cm³/mol. The fourth-order valence-electron chi connectivity index (χ4n) is 2.72. The summed E-state index contributed by atoms with van der Waals surface area (Å²) in [7, 11) is 0. The van der Waals surface area contributed by atoms with Gasteiger partial charge in [-0.05, 0) is 6.92 Å². The molecule has 24 heavy (non-hydrogen) atoms. The summed E-state index contributed by atoms with van der Waals surface area (Å²) in [6.07, 6.45) is -9.00. The minimum absolute atomic E-state index is 0.815. The summed E-state index contributed by atoms with van der Waals surface area (Å²) < 4.78 is 4.91. The van der Waals surface area contributed by atoms with E-state index in [4.69, 9.17) is 14.9 Å². The molecule has 0 saturated carbocycles. The van der Waals surface area contributed by atoms with Crippen LogP contribution in [0.2, 0.25) is 0 Å². The largest absolute Gasteiger partial charge is 0.477 e. The van der Waals surface area contributed by atoms with Gasteiger partial charge in [-0.2, -0.15) is 0 Å². The second kappa shape index (κ2) is 7.09. The number of ketones is 1. The van der Waals surface area contributed by atoms with Crippen LogP contribution in [0.15, 0.2) is 0 Å². The SMILES string of the molecule is CC(=O)N[C@]1(C(C)=O)[C@@H](O)C[C@](O)(C(=O)O)O[C@H]1C(O)[C@H](O)CO. The number of ether oxygens (including phenoxy) is 1. The summed E-state index contributed by atoms with van der Waals surface area (Å²) in [4.78, 5) is 34.8. The summed E-state index contributed by atoms with van der Waals surface area (Å²) in [5.74, 6) is -6.61. The molecule has 138 valence electrons. The maximum absolute atomic E-state index is 12.1. The third-order valence-electron chi connectivity index (χ3n) is 3.96. The molecule has 0 aromatic heterocycles. The van der Waals surface area contributed by atoms with E-state index >= 15 is 0 Å². The Hall–Kier alpha value is -1.63. The summed E-state index contributed by atoms with van der Waals surface area (Å²) in [6.45, 7) is 0.955. The van der Waals surface area contributed by atoms with Crippen LogP contribution in [-0.2, 0) is 19.1 Å². The van der Waals surface area contributed by atoms with Crippen LogP contribution in [0.3, 0.4) is 0 Å². The van der Waals surface area contributed by atoms with Gasteiger partial charge in [0.1, 0.15) is 18.3 Å². The molecule has 1 saturated heterocycles. The Morgan fingerprint density at radius 1 is 1.29 bits per heavy atom. The number of carbonyl (C=O) groups excluding carboxylic acids is 2. The van der Waals surface area contributed by atoms with Crippen molar-refractivity contribution in [1.29, 1.82) is 0 Å². The molecular formula is C13H21NO10.